The fourth-order valence-electron chi connectivity index (χ4n) is 3.48. The quantitative estimate of drug-likeness (QED) is 0.293. The molecule has 13 heteroatoms. The summed E-state index contributed by atoms with van der Waals surface area (Å²) in [5.41, 5.74) is 0. The minimum absolute atomic E-state index is 0.0988. The Morgan fingerprint density at radius 2 is 1.55 bits per heavy atom. The van der Waals surface area contributed by atoms with Gasteiger partial charge in [-0.2, -0.15) is 8.78 Å². The molecule has 2 fully saturated rings. The first-order chi connectivity index (χ1) is 14.7. The maximum absolute atomic E-state index is 13.6. The molecule has 1 atom stereocenters. The van der Waals surface area contributed by atoms with E-state index in [1.165, 1.54) is 16.9 Å². The average molecular weight is 452 g/mol. The molecule has 1 aromatic carbocycles. The summed E-state index contributed by atoms with van der Waals surface area (Å²) in [6, 6.07) is -1.32. The summed E-state index contributed by atoms with van der Waals surface area (Å²) in [6.07, 6.45) is -0.164. The lowest BCUT2D eigenvalue weighted by Gasteiger charge is -2.37. The number of hydrogen-bond acceptors (Lipinski definition) is 6. The molecule has 0 spiro atoms. The van der Waals surface area contributed by atoms with Gasteiger partial charge in [0.15, 0.2) is 18.4 Å². The first kappa shape index (κ1) is 22.6. The van der Waals surface area contributed by atoms with Gasteiger partial charge >= 0.3 is 12.1 Å². The van der Waals surface area contributed by atoms with E-state index in [0.717, 1.165) is 0 Å². The number of carbonyl (C=O) groups excluding carboxylic acids is 3. The summed E-state index contributed by atoms with van der Waals surface area (Å²) in [4.78, 5) is 38.5. The van der Waals surface area contributed by atoms with Crippen LogP contribution < -0.4 is 4.74 Å². The number of halogens is 5. The maximum Gasteiger partial charge on any atom is 0.410 e. The fraction of sp³-hybridized carbons (Fsp3) is 0.500. The van der Waals surface area contributed by atoms with E-state index in [2.05, 4.69) is 9.47 Å². The van der Waals surface area contributed by atoms with Crippen LogP contribution in [-0.2, 0) is 19.1 Å². The number of nitrogens with zero attached hydrogens (tertiary/aromatic N) is 2. The third-order valence-electron chi connectivity index (χ3n) is 5.10. The van der Waals surface area contributed by atoms with E-state index in [1.54, 1.807) is 0 Å². The number of rotatable bonds is 5. The summed E-state index contributed by atoms with van der Waals surface area (Å²) in [7, 11) is 1.18. The smallest absolute Gasteiger partial charge is 0.410 e. The number of carbonyl (C=O) groups is 3. The highest BCUT2D eigenvalue weighted by Gasteiger charge is 2.44. The Kier molecular flexibility index (Phi) is 6.51. The highest BCUT2D eigenvalue weighted by molar-refractivity contribution is 5.84. The summed E-state index contributed by atoms with van der Waals surface area (Å²) in [6.45, 7) is -0.913. The molecule has 0 aromatic heterocycles. The Morgan fingerprint density at radius 3 is 2.10 bits per heavy atom. The lowest BCUT2D eigenvalue weighted by Crippen LogP contribution is -2.52. The van der Waals surface area contributed by atoms with Crippen molar-refractivity contribution in [2.45, 2.75) is 24.9 Å². The Hall–Kier alpha value is -3.12. The second-order valence-electron chi connectivity index (χ2n) is 6.82. The van der Waals surface area contributed by atoms with E-state index < -0.39 is 71.5 Å². The Bertz CT molecular complexity index is 877. The van der Waals surface area contributed by atoms with E-state index >= 15 is 0 Å². The Labute approximate surface area is 172 Å². The van der Waals surface area contributed by atoms with E-state index in [9.17, 15) is 36.3 Å². The lowest BCUT2D eigenvalue weighted by molar-refractivity contribution is -0.146. The predicted octanol–water partition coefficient (Wildman–Crippen LogP) is 1.75. The molecule has 170 valence electrons. The SMILES string of the molecule is COC(=O)[C@@H]1COC(=O)N1C1CCN(C(=O)COc2c(F)c(F)c(F)c(F)c2F)CC1. The molecule has 0 aliphatic carbocycles. The molecule has 2 aliphatic rings. The van der Waals surface area contributed by atoms with Gasteiger partial charge in [0, 0.05) is 19.1 Å². The summed E-state index contributed by atoms with van der Waals surface area (Å²) in [5, 5.41) is 0. The monoisotopic (exact) mass is 452 g/mol. The van der Waals surface area contributed by atoms with Gasteiger partial charge in [-0.15, -0.1) is 0 Å². The minimum Gasteiger partial charge on any atom is -0.477 e. The van der Waals surface area contributed by atoms with Gasteiger partial charge in [-0.1, -0.05) is 0 Å². The van der Waals surface area contributed by atoms with Gasteiger partial charge in [-0.25, -0.2) is 22.8 Å². The van der Waals surface area contributed by atoms with Crippen LogP contribution in [0.15, 0.2) is 0 Å². The molecule has 8 nitrogen and oxygen atoms in total. The molecule has 0 bridgehead atoms. The van der Waals surface area contributed by atoms with Crippen molar-refractivity contribution in [3.8, 4) is 5.75 Å². The second kappa shape index (κ2) is 8.94. The normalized spacial score (nSPS) is 19.4. The second-order valence-corrected chi connectivity index (χ2v) is 6.82. The maximum atomic E-state index is 13.6. The largest absolute Gasteiger partial charge is 0.477 e. The predicted molar refractivity (Wildman–Crippen MR) is 90.3 cm³/mol. The van der Waals surface area contributed by atoms with Gasteiger partial charge in [0.25, 0.3) is 5.91 Å². The summed E-state index contributed by atoms with van der Waals surface area (Å²) < 4.78 is 80.8. The van der Waals surface area contributed by atoms with Crippen LogP contribution in [0.25, 0.3) is 0 Å². The third kappa shape index (κ3) is 4.21. The zero-order valence-corrected chi connectivity index (χ0v) is 16.1. The number of piperidine rings is 1. The van der Waals surface area contributed by atoms with Crippen LogP contribution in [0.2, 0.25) is 0 Å². The molecule has 2 saturated heterocycles. The number of cyclic esters (lactones) is 1. The fourth-order valence-corrected chi connectivity index (χ4v) is 3.48. The number of esters is 1. The van der Waals surface area contributed by atoms with E-state index in [1.807, 2.05) is 0 Å². The average Bonchev–Trinajstić information content (AvgIpc) is 3.17. The van der Waals surface area contributed by atoms with Crippen molar-refractivity contribution in [3.63, 3.8) is 0 Å². The van der Waals surface area contributed by atoms with E-state index in [4.69, 9.17) is 4.74 Å². The molecule has 1 aromatic rings. The molecule has 2 aliphatic heterocycles. The van der Waals surface area contributed by atoms with Crippen molar-refractivity contribution in [1.29, 1.82) is 0 Å². The Balaban J connectivity index is 1.59. The van der Waals surface area contributed by atoms with Crippen LogP contribution in [-0.4, -0.2) is 73.3 Å². The number of methoxy groups -OCH3 is 1. The van der Waals surface area contributed by atoms with Crippen LogP contribution >= 0.6 is 0 Å². The van der Waals surface area contributed by atoms with Crippen molar-refractivity contribution in [2.75, 3.05) is 33.4 Å². The van der Waals surface area contributed by atoms with Crippen molar-refractivity contribution < 1.29 is 50.5 Å². The van der Waals surface area contributed by atoms with Gasteiger partial charge in [0.05, 0.1) is 7.11 Å². The van der Waals surface area contributed by atoms with E-state index in [0.29, 0.717) is 0 Å². The van der Waals surface area contributed by atoms with Crippen LogP contribution in [0.5, 0.6) is 5.75 Å². The first-order valence-electron chi connectivity index (χ1n) is 9.12. The summed E-state index contributed by atoms with van der Waals surface area (Å²) in [5.74, 6) is -14.0. The number of benzene rings is 1. The molecule has 0 saturated carbocycles. The van der Waals surface area contributed by atoms with Gasteiger partial charge < -0.3 is 19.1 Å². The van der Waals surface area contributed by atoms with Crippen LogP contribution in [0.3, 0.4) is 0 Å². The van der Waals surface area contributed by atoms with Gasteiger partial charge in [0.2, 0.25) is 29.1 Å². The van der Waals surface area contributed by atoms with Crippen molar-refractivity contribution in [1.82, 2.24) is 9.80 Å². The zero-order chi connectivity index (χ0) is 22.9. The standard InChI is InChI=1S/C18H17F5N2O6/c1-29-17(27)9-6-31-18(28)25(9)8-2-4-24(5-3-8)10(26)7-30-16-14(22)12(20)11(19)13(21)15(16)23/h8-9H,2-7H2,1H3/t9-/m0/s1. The van der Waals surface area contributed by atoms with Crippen LogP contribution in [0.1, 0.15) is 12.8 Å². The van der Waals surface area contributed by atoms with Crippen molar-refractivity contribution in [3.05, 3.63) is 29.1 Å². The molecule has 2 heterocycles. The van der Waals surface area contributed by atoms with Crippen molar-refractivity contribution in [2.24, 2.45) is 0 Å². The molecular formula is C18H17F5N2O6. The van der Waals surface area contributed by atoms with Gasteiger partial charge in [0.1, 0.15) is 6.61 Å². The first-order valence-corrected chi connectivity index (χ1v) is 9.12. The Morgan fingerprint density at radius 1 is 1.00 bits per heavy atom. The number of amides is 2. The minimum atomic E-state index is -2.33. The van der Waals surface area contributed by atoms with Gasteiger partial charge in [-0.05, 0) is 12.8 Å². The topological polar surface area (TPSA) is 85.4 Å². The molecule has 2 amide bonds. The lowest BCUT2D eigenvalue weighted by atomic mass is 10.0. The zero-order valence-electron chi connectivity index (χ0n) is 16.1. The molecule has 31 heavy (non-hydrogen) atoms. The molecule has 0 N–H and O–H groups in total. The van der Waals surface area contributed by atoms with E-state index in [-0.39, 0.29) is 32.5 Å². The third-order valence-corrected chi connectivity index (χ3v) is 5.10. The highest BCUT2D eigenvalue weighted by atomic mass is 19.2. The summed E-state index contributed by atoms with van der Waals surface area (Å²) >= 11 is 0. The van der Waals surface area contributed by atoms with Crippen LogP contribution in [0, 0.1) is 29.1 Å². The number of likely N-dealkylation sites (tertiary alicyclic amines) is 1. The molecule has 0 radical (unpaired) electrons. The molecule has 3 rings (SSSR count). The van der Waals surface area contributed by atoms with Gasteiger partial charge in [-0.3, -0.25) is 9.69 Å². The van der Waals surface area contributed by atoms with Crippen LogP contribution in [0.4, 0.5) is 26.7 Å². The number of hydrogen-bond donors (Lipinski definition) is 0. The highest BCUT2D eigenvalue weighted by Crippen LogP contribution is 2.29. The molecular weight excluding hydrogens is 435 g/mol. The van der Waals surface area contributed by atoms with Crippen molar-refractivity contribution >= 4 is 18.0 Å². The number of ether oxygens (including phenoxy) is 3. The molecule has 0 unspecified atom stereocenters.